The van der Waals surface area contributed by atoms with Crippen molar-refractivity contribution in [2.24, 2.45) is 13.0 Å². The van der Waals surface area contributed by atoms with Gasteiger partial charge in [-0.1, -0.05) is 6.92 Å². The lowest BCUT2D eigenvalue weighted by molar-refractivity contribution is -0.119. The van der Waals surface area contributed by atoms with Crippen LogP contribution >= 0.6 is 0 Å². The molecule has 17 heavy (non-hydrogen) atoms. The van der Waals surface area contributed by atoms with Crippen LogP contribution in [-0.2, 0) is 11.8 Å². The van der Waals surface area contributed by atoms with Gasteiger partial charge < -0.3 is 10.6 Å². The number of carbonyl (C=O) groups excluding carboxylic acids is 1. The SMILES string of the molecule is Cc1nn(C)cc1NC(=O)C1NCCCC1C. The molecule has 1 aromatic heterocycles. The Balaban J connectivity index is 2.03. The van der Waals surface area contributed by atoms with E-state index in [4.69, 9.17) is 0 Å². The highest BCUT2D eigenvalue weighted by Crippen LogP contribution is 2.18. The molecular weight excluding hydrogens is 216 g/mol. The third kappa shape index (κ3) is 2.66. The predicted molar refractivity (Wildman–Crippen MR) is 66.8 cm³/mol. The highest BCUT2D eigenvalue weighted by atomic mass is 16.2. The molecule has 1 aliphatic rings. The molecule has 2 N–H and O–H groups in total. The normalized spacial score (nSPS) is 24.6. The van der Waals surface area contributed by atoms with E-state index in [1.807, 2.05) is 20.2 Å². The van der Waals surface area contributed by atoms with Gasteiger partial charge >= 0.3 is 0 Å². The fraction of sp³-hybridized carbons (Fsp3) is 0.667. The van der Waals surface area contributed by atoms with Crippen molar-refractivity contribution >= 4 is 11.6 Å². The first-order valence-electron chi connectivity index (χ1n) is 6.12. The Bertz CT molecular complexity index is 413. The zero-order valence-corrected chi connectivity index (χ0v) is 10.7. The molecule has 1 saturated heterocycles. The third-order valence-corrected chi connectivity index (χ3v) is 3.32. The first-order valence-corrected chi connectivity index (χ1v) is 6.12. The molecule has 2 atom stereocenters. The van der Waals surface area contributed by atoms with Gasteiger partial charge in [0, 0.05) is 13.2 Å². The van der Waals surface area contributed by atoms with Gasteiger partial charge in [0.2, 0.25) is 5.91 Å². The zero-order valence-electron chi connectivity index (χ0n) is 10.7. The van der Waals surface area contributed by atoms with Crippen molar-refractivity contribution in [3.8, 4) is 0 Å². The summed E-state index contributed by atoms with van der Waals surface area (Å²) < 4.78 is 1.71. The van der Waals surface area contributed by atoms with Crippen LogP contribution in [0.15, 0.2) is 6.20 Å². The van der Waals surface area contributed by atoms with Gasteiger partial charge in [-0.15, -0.1) is 0 Å². The number of piperidine rings is 1. The summed E-state index contributed by atoms with van der Waals surface area (Å²) in [7, 11) is 1.85. The molecular formula is C12H20N4O. The molecule has 0 aromatic carbocycles. The minimum atomic E-state index is -0.0802. The van der Waals surface area contributed by atoms with Crippen molar-refractivity contribution < 1.29 is 4.79 Å². The molecule has 2 rings (SSSR count). The number of nitrogens with one attached hydrogen (secondary N) is 2. The summed E-state index contributed by atoms with van der Waals surface area (Å²) in [5.74, 6) is 0.439. The van der Waals surface area contributed by atoms with Crippen LogP contribution in [0.25, 0.3) is 0 Å². The Labute approximate surface area is 102 Å². The molecule has 5 nitrogen and oxygen atoms in total. The van der Waals surface area contributed by atoms with E-state index in [1.165, 1.54) is 0 Å². The maximum atomic E-state index is 12.1. The summed E-state index contributed by atoms with van der Waals surface area (Å²) >= 11 is 0. The predicted octanol–water partition coefficient (Wildman–Crippen LogP) is 1.06. The van der Waals surface area contributed by atoms with Crippen LogP contribution in [-0.4, -0.2) is 28.3 Å². The Kier molecular flexibility index (Phi) is 3.47. The Morgan fingerprint density at radius 3 is 3.00 bits per heavy atom. The molecule has 0 spiro atoms. The third-order valence-electron chi connectivity index (χ3n) is 3.32. The second-order valence-electron chi connectivity index (χ2n) is 4.84. The number of hydrogen-bond donors (Lipinski definition) is 2. The van der Waals surface area contributed by atoms with Gasteiger partial charge in [0.25, 0.3) is 0 Å². The lowest BCUT2D eigenvalue weighted by Crippen LogP contribution is -2.48. The van der Waals surface area contributed by atoms with E-state index in [9.17, 15) is 4.79 Å². The van der Waals surface area contributed by atoms with Gasteiger partial charge in [-0.2, -0.15) is 5.10 Å². The minimum Gasteiger partial charge on any atom is -0.322 e. The number of nitrogens with zero attached hydrogens (tertiary/aromatic N) is 2. The summed E-state index contributed by atoms with van der Waals surface area (Å²) in [6.45, 7) is 4.94. The summed E-state index contributed by atoms with van der Waals surface area (Å²) in [6.07, 6.45) is 4.09. The molecule has 2 heterocycles. The number of amides is 1. The van der Waals surface area contributed by atoms with E-state index >= 15 is 0 Å². The molecule has 0 saturated carbocycles. The maximum Gasteiger partial charge on any atom is 0.241 e. The highest BCUT2D eigenvalue weighted by molar-refractivity contribution is 5.95. The van der Waals surface area contributed by atoms with Crippen LogP contribution in [0.1, 0.15) is 25.5 Å². The molecule has 1 fully saturated rings. The molecule has 2 unspecified atom stereocenters. The van der Waals surface area contributed by atoms with E-state index in [2.05, 4.69) is 22.7 Å². The van der Waals surface area contributed by atoms with Crippen molar-refractivity contribution in [2.75, 3.05) is 11.9 Å². The summed E-state index contributed by atoms with van der Waals surface area (Å²) in [5.41, 5.74) is 1.65. The van der Waals surface area contributed by atoms with E-state index < -0.39 is 0 Å². The second-order valence-corrected chi connectivity index (χ2v) is 4.84. The molecule has 0 bridgehead atoms. The Morgan fingerprint density at radius 1 is 1.65 bits per heavy atom. The van der Waals surface area contributed by atoms with Crippen LogP contribution in [0.4, 0.5) is 5.69 Å². The van der Waals surface area contributed by atoms with Gasteiger partial charge in [-0.3, -0.25) is 9.48 Å². The lowest BCUT2D eigenvalue weighted by atomic mass is 9.92. The van der Waals surface area contributed by atoms with Crippen LogP contribution in [0, 0.1) is 12.8 Å². The van der Waals surface area contributed by atoms with Crippen molar-refractivity contribution in [3.63, 3.8) is 0 Å². The van der Waals surface area contributed by atoms with E-state index in [0.717, 1.165) is 30.8 Å². The van der Waals surface area contributed by atoms with Crippen molar-refractivity contribution in [2.45, 2.75) is 32.7 Å². The quantitative estimate of drug-likeness (QED) is 0.807. The van der Waals surface area contributed by atoms with Crippen LogP contribution in [0.3, 0.4) is 0 Å². The highest BCUT2D eigenvalue weighted by Gasteiger charge is 2.27. The molecule has 5 heteroatoms. The first kappa shape index (κ1) is 12.1. The maximum absolute atomic E-state index is 12.1. The average molecular weight is 236 g/mol. The fourth-order valence-electron chi connectivity index (χ4n) is 2.33. The lowest BCUT2D eigenvalue weighted by Gasteiger charge is -2.28. The summed E-state index contributed by atoms with van der Waals surface area (Å²) in [4.78, 5) is 12.1. The molecule has 0 radical (unpaired) electrons. The smallest absolute Gasteiger partial charge is 0.241 e. The fourth-order valence-corrected chi connectivity index (χ4v) is 2.33. The van der Waals surface area contributed by atoms with E-state index in [0.29, 0.717) is 5.92 Å². The van der Waals surface area contributed by atoms with Gasteiger partial charge in [-0.25, -0.2) is 0 Å². The molecule has 1 aromatic rings. The van der Waals surface area contributed by atoms with Crippen molar-refractivity contribution in [3.05, 3.63) is 11.9 Å². The van der Waals surface area contributed by atoms with E-state index in [1.54, 1.807) is 4.68 Å². The number of carbonyl (C=O) groups is 1. The molecule has 0 aliphatic carbocycles. The molecule has 1 amide bonds. The van der Waals surface area contributed by atoms with Crippen LogP contribution in [0.5, 0.6) is 0 Å². The van der Waals surface area contributed by atoms with Crippen molar-refractivity contribution in [1.29, 1.82) is 0 Å². The first-order chi connectivity index (χ1) is 8.08. The van der Waals surface area contributed by atoms with E-state index in [-0.39, 0.29) is 11.9 Å². The summed E-state index contributed by atoms with van der Waals surface area (Å²) in [5, 5.41) is 10.4. The molecule has 94 valence electrons. The van der Waals surface area contributed by atoms with Crippen LogP contribution in [0.2, 0.25) is 0 Å². The van der Waals surface area contributed by atoms with Gasteiger partial charge in [-0.05, 0) is 32.2 Å². The Hall–Kier alpha value is -1.36. The largest absolute Gasteiger partial charge is 0.322 e. The number of aromatic nitrogens is 2. The molecule has 1 aliphatic heterocycles. The second kappa shape index (κ2) is 4.87. The van der Waals surface area contributed by atoms with Crippen molar-refractivity contribution in [1.82, 2.24) is 15.1 Å². The van der Waals surface area contributed by atoms with Gasteiger partial charge in [0.15, 0.2) is 0 Å². The number of aryl methyl sites for hydroxylation is 2. The van der Waals surface area contributed by atoms with Crippen LogP contribution < -0.4 is 10.6 Å². The monoisotopic (exact) mass is 236 g/mol. The summed E-state index contributed by atoms with van der Waals surface area (Å²) in [6, 6.07) is -0.0802. The minimum absolute atomic E-state index is 0.0494. The van der Waals surface area contributed by atoms with Gasteiger partial charge in [0.1, 0.15) is 0 Å². The Morgan fingerprint density at radius 2 is 2.41 bits per heavy atom. The van der Waals surface area contributed by atoms with Gasteiger partial charge in [0.05, 0.1) is 17.4 Å². The number of hydrogen-bond acceptors (Lipinski definition) is 3. The zero-order chi connectivity index (χ0) is 12.4. The average Bonchev–Trinajstić information content (AvgIpc) is 2.58. The standard InChI is InChI=1S/C12H20N4O/c1-8-5-4-6-13-11(8)12(17)14-10-7-16(3)15-9(10)2/h7-8,11,13H,4-6H2,1-3H3,(H,14,17). The number of anilines is 1. The number of rotatable bonds is 2. The topological polar surface area (TPSA) is 59.0 Å².